The summed E-state index contributed by atoms with van der Waals surface area (Å²) in [5.41, 5.74) is 4.26. The summed E-state index contributed by atoms with van der Waals surface area (Å²) >= 11 is 1.47. The fraction of sp³-hybridized carbons (Fsp3) is 0.630. The molecular formula is C27H39N3O2S. The maximum atomic E-state index is 13.1. The second-order valence-electron chi connectivity index (χ2n) is 10.4. The van der Waals surface area contributed by atoms with Crippen LogP contribution in [0.25, 0.3) is 0 Å². The SMILES string of the molecule is Cc1ncsc1C(=O)N1CCC2(CCCCc3ccccc3OCCN(CC(C)C)C2)CC1. The van der Waals surface area contributed by atoms with E-state index in [-0.39, 0.29) is 11.3 Å². The van der Waals surface area contributed by atoms with E-state index in [1.54, 1.807) is 5.51 Å². The zero-order valence-electron chi connectivity index (χ0n) is 20.5. The van der Waals surface area contributed by atoms with E-state index < -0.39 is 0 Å². The Morgan fingerprint density at radius 2 is 1.94 bits per heavy atom. The number of carbonyl (C=O) groups is 1. The van der Waals surface area contributed by atoms with E-state index in [4.69, 9.17) is 4.74 Å². The first-order valence-electron chi connectivity index (χ1n) is 12.6. The molecule has 6 heteroatoms. The van der Waals surface area contributed by atoms with Crippen LogP contribution in [0, 0.1) is 18.3 Å². The molecule has 1 aromatic heterocycles. The normalized spacial score (nSPS) is 20.1. The molecule has 1 fully saturated rings. The van der Waals surface area contributed by atoms with Crippen molar-refractivity contribution >= 4 is 17.2 Å². The number of hydrogen-bond donors (Lipinski definition) is 0. The van der Waals surface area contributed by atoms with Crippen molar-refractivity contribution in [2.45, 2.75) is 59.3 Å². The number of thiazole rings is 1. The second-order valence-corrected chi connectivity index (χ2v) is 11.2. The molecule has 0 aliphatic carbocycles. The van der Waals surface area contributed by atoms with Gasteiger partial charge in [0.2, 0.25) is 0 Å². The molecule has 0 bridgehead atoms. The minimum Gasteiger partial charge on any atom is -0.492 e. The molecule has 180 valence electrons. The van der Waals surface area contributed by atoms with Crippen molar-refractivity contribution in [1.82, 2.24) is 14.8 Å². The molecule has 0 radical (unpaired) electrons. The van der Waals surface area contributed by atoms with E-state index in [2.05, 4.69) is 52.9 Å². The first-order valence-corrected chi connectivity index (χ1v) is 13.5. The molecule has 1 saturated heterocycles. The van der Waals surface area contributed by atoms with Gasteiger partial charge in [0.15, 0.2) is 0 Å². The number of hydrogen-bond acceptors (Lipinski definition) is 5. The van der Waals surface area contributed by atoms with Gasteiger partial charge in [-0.1, -0.05) is 38.5 Å². The second kappa shape index (κ2) is 11.0. The van der Waals surface area contributed by atoms with Gasteiger partial charge in [-0.15, -0.1) is 11.3 Å². The van der Waals surface area contributed by atoms with Crippen LogP contribution < -0.4 is 4.74 Å². The van der Waals surface area contributed by atoms with E-state index in [1.807, 2.05) is 6.92 Å². The quantitative estimate of drug-likeness (QED) is 0.601. The Hall–Kier alpha value is -1.92. The number of nitrogens with zero attached hydrogens (tertiary/aromatic N) is 3. The van der Waals surface area contributed by atoms with Crippen molar-refractivity contribution in [3.63, 3.8) is 0 Å². The highest BCUT2D eigenvalue weighted by atomic mass is 32.1. The number of amides is 1. The first-order chi connectivity index (χ1) is 16.0. The van der Waals surface area contributed by atoms with Crippen molar-refractivity contribution in [1.29, 1.82) is 0 Å². The van der Waals surface area contributed by atoms with Crippen LogP contribution in [0.1, 0.15) is 66.9 Å². The number of likely N-dealkylation sites (tertiary alicyclic amines) is 1. The Morgan fingerprint density at radius 1 is 1.15 bits per heavy atom. The number of benzene rings is 1. The van der Waals surface area contributed by atoms with Crippen LogP contribution >= 0.6 is 11.3 Å². The lowest BCUT2D eigenvalue weighted by molar-refractivity contribution is 0.0357. The summed E-state index contributed by atoms with van der Waals surface area (Å²) in [5.74, 6) is 1.85. The number of para-hydroxylation sites is 1. The van der Waals surface area contributed by atoms with Gasteiger partial charge in [-0.25, -0.2) is 4.98 Å². The summed E-state index contributed by atoms with van der Waals surface area (Å²) in [5, 5.41) is 0. The van der Waals surface area contributed by atoms with E-state index in [1.165, 1.54) is 36.2 Å². The fourth-order valence-corrected chi connectivity index (χ4v) is 6.27. The Labute approximate surface area is 203 Å². The summed E-state index contributed by atoms with van der Waals surface area (Å²) in [6.07, 6.45) is 6.91. The van der Waals surface area contributed by atoms with Crippen LogP contribution in [0.15, 0.2) is 29.8 Å². The van der Waals surface area contributed by atoms with Gasteiger partial charge >= 0.3 is 0 Å². The molecule has 33 heavy (non-hydrogen) atoms. The van der Waals surface area contributed by atoms with Crippen LogP contribution in [-0.2, 0) is 6.42 Å². The number of carbonyl (C=O) groups excluding carboxylic acids is 1. The van der Waals surface area contributed by atoms with Gasteiger partial charge in [-0.2, -0.15) is 0 Å². The van der Waals surface area contributed by atoms with E-state index >= 15 is 0 Å². The van der Waals surface area contributed by atoms with Gasteiger partial charge in [0.25, 0.3) is 5.91 Å². The smallest absolute Gasteiger partial charge is 0.265 e. The van der Waals surface area contributed by atoms with E-state index in [0.29, 0.717) is 5.92 Å². The monoisotopic (exact) mass is 469 g/mol. The maximum Gasteiger partial charge on any atom is 0.265 e. The lowest BCUT2D eigenvalue weighted by Crippen LogP contribution is -2.49. The largest absolute Gasteiger partial charge is 0.492 e. The lowest BCUT2D eigenvalue weighted by atomic mass is 9.73. The number of ether oxygens (including phenoxy) is 1. The van der Waals surface area contributed by atoms with Crippen LogP contribution in [-0.4, -0.2) is 60.0 Å². The molecule has 0 N–H and O–H groups in total. The summed E-state index contributed by atoms with van der Waals surface area (Å²) in [4.78, 5) is 22.8. The van der Waals surface area contributed by atoms with Crippen molar-refractivity contribution in [3.05, 3.63) is 45.9 Å². The third-order valence-corrected chi connectivity index (χ3v) is 8.19. The van der Waals surface area contributed by atoms with Crippen molar-refractivity contribution in [2.75, 3.05) is 39.3 Å². The predicted octanol–water partition coefficient (Wildman–Crippen LogP) is 5.44. The molecule has 1 spiro atoms. The molecule has 5 nitrogen and oxygen atoms in total. The molecule has 0 unspecified atom stereocenters. The standard InChI is InChI=1S/C27H39N3O2S/c1-21(2)18-29-16-17-32-24-10-5-4-8-23(24)9-6-7-11-27(19-29)12-14-30(15-13-27)26(31)25-22(3)28-20-33-25/h4-5,8,10,20-21H,6-7,9,11-19H2,1-3H3. The molecule has 0 atom stereocenters. The summed E-state index contributed by atoms with van der Waals surface area (Å²) in [6.45, 7) is 12.1. The molecule has 1 aromatic carbocycles. The van der Waals surface area contributed by atoms with Gasteiger partial charge in [0.1, 0.15) is 17.2 Å². The topological polar surface area (TPSA) is 45.7 Å². The summed E-state index contributed by atoms with van der Waals surface area (Å²) in [7, 11) is 0. The fourth-order valence-electron chi connectivity index (χ4n) is 5.50. The Morgan fingerprint density at radius 3 is 2.67 bits per heavy atom. The zero-order valence-corrected chi connectivity index (χ0v) is 21.3. The Kier molecular flexibility index (Phi) is 8.07. The maximum absolute atomic E-state index is 13.1. The van der Waals surface area contributed by atoms with Crippen LogP contribution in [0.3, 0.4) is 0 Å². The third kappa shape index (κ3) is 6.15. The van der Waals surface area contributed by atoms with Crippen molar-refractivity contribution in [2.24, 2.45) is 11.3 Å². The molecule has 3 heterocycles. The molecule has 4 rings (SSSR count). The van der Waals surface area contributed by atoms with Crippen LogP contribution in [0.2, 0.25) is 0 Å². The molecule has 2 aliphatic heterocycles. The molecule has 2 aliphatic rings. The highest BCUT2D eigenvalue weighted by molar-refractivity contribution is 7.11. The summed E-state index contributed by atoms with van der Waals surface area (Å²) in [6, 6.07) is 8.54. The number of aryl methyl sites for hydroxylation is 2. The minimum atomic E-state index is 0.169. The van der Waals surface area contributed by atoms with Gasteiger partial charge in [0, 0.05) is 32.7 Å². The predicted molar refractivity (Wildman–Crippen MR) is 135 cm³/mol. The van der Waals surface area contributed by atoms with Crippen molar-refractivity contribution in [3.8, 4) is 5.75 Å². The third-order valence-electron chi connectivity index (χ3n) is 7.27. The average molecular weight is 470 g/mol. The zero-order chi connectivity index (χ0) is 23.3. The Bertz CT molecular complexity index is 918. The van der Waals surface area contributed by atoms with Gasteiger partial charge in [-0.3, -0.25) is 9.69 Å². The summed E-state index contributed by atoms with van der Waals surface area (Å²) < 4.78 is 6.25. The van der Waals surface area contributed by atoms with Crippen molar-refractivity contribution < 1.29 is 9.53 Å². The first kappa shape index (κ1) is 24.2. The van der Waals surface area contributed by atoms with Gasteiger partial charge in [-0.05, 0) is 62.0 Å². The number of aromatic nitrogens is 1. The molecular weight excluding hydrogens is 430 g/mol. The van der Waals surface area contributed by atoms with Crippen LogP contribution in [0.4, 0.5) is 0 Å². The van der Waals surface area contributed by atoms with Crippen LogP contribution in [0.5, 0.6) is 5.75 Å². The number of rotatable bonds is 3. The highest BCUT2D eigenvalue weighted by Gasteiger charge is 2.37. The number of piperidine rings is 1. The van der Waals surface area contributed by atoms with Gasteiger partial charge in [0.05, 0.1) is 11.2 Å². The van der Waals surface area contributed by atoms with E-state index in [9.17, 15) is 4.79 Å². The average Bonchev–Trinajstić information content (AvgIpc) is 3.22. The molecule has 2 aromatic rings. The Balaban J connectivity index is 1.47. The number of fused-ring (bicyclic) bond motifs is 1. The lowest BCUT2D eigenvalue weighted by Gasteiger charge is -2.45. The molecule has 1 amide bonds. The van der Waals surface area contributed by atoms with Gasteiger partial charge < -0.3 is 9.64 Å². The molecule has 0 saturated carbocycles. The minimum absolute atomic E-state index is 0.169. The van der Waals surface area contributed by atoms with E-state index in [0.717, 1.165) is 74.9 Å². The highest BCUT2D eigenvalue weighted by Crippen LogP contribution is 2.39.